The molecule has 2 aromatic heterocycles. The van der Waals surface area contributed by atoms with E-state index in [1.165, 1.54) is 19.3 Å². The highest BCUT2D eigenvalue weighted by atomic mass is 19.1. The molecule has 5 rings (SSSR count). The van der Waals surface area contributed by atoms with E-state index in [4.69, 9.17) is 14.5 Å². The normalized spacial score (nSPS) is 15.3. The van der Waals surface area contributed by atoms with Crippen molar-refractivity contribution in [3.63, 3.8) is 0 Å². The van der Waals surface area contributed by atoms with Crippen LogP contribution in [0, 0.1) is 11.6 Å². The average Bonchev–Trinajstić information content (AvgIpc) is 3.60. The van der Waals surface area contributed by atoms with Gasteiger partial charge in [0.15, 0.2) is 11.5 Å². The molecule has 2 fully saturated rings. The summed E-state index contributed by atoms with van der Waals surface area (Å²) >= 11 is 0. The van der Waals surface area contributed by atoms with Crippen molar-refractivity contribution < 1.29 is 24.5 Å². The lowest BCUT2D eigenvalue weighted by Crippen LogP contribution is -2.39. The smallest absolute Gasteiger partial charge is 0.345 e. The molecule has 2 saturated heterocycles. The highest BCUT2D eigenvalue weighted by molar-refractivity contribution is 6.01. The summed E-state index contributed by atoms with van der Waals surface area (Å²) in [6, 6.07) is 6.27. The topological polar surface area (TPSA) is 84.2 Å². The van der Waals surface area contributed by atoms with Gasteiger partial charge in [-0.2, -0.15) is 0 Å². The predicted octanol–water partition coefficient (Wildman–Crippen LogP) is 4.88. The molecule has 39 heavy (non-hydrogen) atoms. The van der Waals surface area contributed by atoms with E-state index in [0.717, 1.165) is 76.0 Å². The molecular formula is C28H42F2N6O3. The van der Waals surface area contributed by atoms with Crippen molar-refractivity contribution in [2.24, 2.45) is 0 Å². The Hall–Kier alpha value is -3.31. The lowest BCUT2D eigenvalue weighted by Gasteiger charge is -2.26. The van der Waals surface area contributed by atoms with Crippen molar-refractivity contribution in [1.29, 1.82) is 0 Å². The van der Waals surface area contributed by atoms with Crippen LogP contribution in [0.1, 0.15) is 51.8 Å². The van der Waals surface area contributed by atoms with Crippen LogP contribution < -0.4 is 10.2 Å². The minimum Gasteiger partial charge on any atom is -0.462 e. The summed E-state index contributed by atoms with van der Waals surface area (Å²) < 4.78 is 36.2. The van der Waals surface area contributed by atoms with Crippen LogP contribution in [-0.2, 0) is 9.47 Å². The van der Waals surface area contributed by atoms with Crippen LogP contribution in [0.3, 0.4) is 0 Å². The molecule has 0 amide bonds. The maximum Gasteiger partial charge on any atom is 0.345 e. The second-order valence-electron chi connectivity index (χ2n) is 9.22. The summed E-state index contributed by atoms with van der Waals surface area (Å²) in [6.45, 7) is 13.3. The number of hydrogen-bond acceptors (Lipinski definition) is 8. The quantitative estimate of drug-likeness (QED) is 0.419. The Balaban J connectivity index is 0.000000395. The Kier molecular flexibility index (Phi) is 12.4. The van der Waals surface area contributed by atoms with Gasteiger partial charge in [0.05, 0.1) is 19.8 Å². The van der Waals surface area contributed by atoms with E-state index in [2.05, 4.69) is 34.1 Å². The minimum absolute atomic E-state index is 0. The number of anilines is 2. The van der Waals surface area contributed by atoms with Crippen molar-refractivity contribution in [3.05, 3.63) is 53.7 Å². The number of nitrogens with zero attached hydrogens (tertiary/aromatic N) is 5. The first kappa shape index (κ1) is 30.2. The van der Waals surface area contributed by atoms with Gasteiger partial charge in [-0.25, -0.2) is 23.1 Å². The highest BCUT2D eigenvalue weighted by Crippen LogP contribution is 2.24. The first-order valence-corrected chi connectivity index (χ1v) is 13.7. The third-order valence-electron chi connectivity index (χ3n) is 6.01. The number of esters is 1. The van der Waals surface area contributed by atoms with E-state index < -0.39 is 17.6 Å². The molecule has 2 aliphatic rings. The van der Waals surface area contributed by atoms with Crippen molar-refractivity contribution in [1.82, 2.24) is 19.5 Å². The van der Waals surface area contributed by atoms with Crippen LogP contribution in [0.4, 0.5) is 20.4 Å². The van der Waals surface area contributed by atoms with E-state index in [1.807, 2.05) is 12.3 Å². The van der Waals surface area contributed by atoms with Crippen LogP contribution in [0.5, 0.6) is 0 Å². The number of nitrogens with one attached hydrogen (secondary N) is 1. The first-order valence-electron chi connectivity index (χ1n) is 13.7. The van der Waals surface area contributed by atoms with Gasteiger partial charge in [-0.05, 0) is 50.1 Å². The van der Waals surface area contributed by atoms with Gasteiger partial charge in [0.2, 0.25) is 0 Å². The number of carbonyl (C=O) groups is 1. The van der Waals surface area contributed by atoms with Gasteiger partial charge in [-0.15, -0.1) is 5.10 Å². The molecule has 11 heteroatoms. The molecule has 2 aliphatic heterocycles. The number of morpholine rings is 1. The van der Waals surface area contributed by atoms with E-state index in [-0.39, 0.29) is 1.43 Å². The third-order valence-corrected chi connectivity index (χ3v) is 6.01. The van der Waals surface area contributed by atoms with Crippen molar-refractivity contribution in [2.75, 3.05) is 69.3 Å². The van der Waals surface area contributed by atoms with Gasteiger partial charge in [0, 0.05) is 46.9 Å². The monoisotopic (exact) mass is 548 g/mol. The summed E-state index contributed by atoms with van der Waals surface area (Å²) in [5, 5.41) is 7.86. The van der Waals surface area contributed by atoms with Crippen LogP contribution in [0.2, 0.25) is 0 Å². The summed E-state index contributed by atoms with van der Waals surface area (Å²) in [4.78, 5) is 22.0. The Labute approximate surface area is 230 Å². The van der Waals surface area contributed by atoms with Crippen LogP contribution >= 0.6 is 0 Å². The molecule has 0 radical (unpaired) electrons. The molecule has 9 nitrogen and oxygen atoms in total. The Morgan fingerprint density at radius 3 is 2.23 bits per heavy atom. The largest absolute Gasteiger partial charge is 0.462 e. The molecule has 1 aromatic carbocycles. The Bertz CT molecular complexity index is 1130. The fourth-order valence-corrected chi connectivity index (χ4v) is 4.14. The summed E-state index contributed by atoms with van der Waals surface area (Å²) in [5.41, 5.74) is 0.946. The maximum absolute atomic E-state index is 12.6. The number of carbonyl (C=O) groups excluding carboxylic acids is 1. The summed E-state index contributed by atoms with van der Waals surface area (Å²) in [7, 11) is 0. The fourth-order valence-electron chi connectivity index (χ4n) is 4.14. The SMILES string of the molecule is CCC.CCOC(=O)c1c(NCCN2CCOCC2)nn2ccc(N3CCCC3)nc12.Fc1ccc(F)cc1.[HH]. The van der Waals surface area contributed by atoms with E-state index >= 15 is 0 Å². The lowest BCUT2D eigenvalue weighted by atomic mass is 10.3. The van der Waals surface area contributed by atoms with Gasteiger partial charge in [-0.1, -0.05) is 20.3 Å². The van der Waals surface area contributed by atoms with Crippen LogP contribution in [0.15, 0.2) is 36.5 Å². The molecule has 4 heterocycles. The molecule has 0 bridgehead atoms. The maximum atomic E-state index is 12.6. The van der Waals surface area contributed by atoms with Crippen molar-refractivity contribution >= 4 is 23.3 Å². The third kappa shape index (κ3) is 9.14. The predicted molar refractivity (Wildman–Crippen MR) is 151 cm³/mol. The second kappa shape index (κ2) is 15.9. The molecule has 0 atom stereocenters. The first-order chi connectivity index (χ1) is 19.0. The Morgan fingerprint density at radius 2 is 1.64 bits per heavy atom. The zero-order valence-corrected chi connectivity index (χ0v) is 23.2. The number of aromatic nitrogens is 3. The van der Waals surface area contributed by atoms with Gasteiger partial charge in [0.1, 0.15) is 23.0 Å². The van der Waals surface area contributed by atoms with Crippen LogP contribution in [-0.4, -0.2) is 84.6 Å². The second-order valence-corrected chi connectivity index (χ2v) is 9.22. The molecule has 0 unspecified atom stereocenters. The van der Waals surface area contributed by atoms with Gasteiger partial charge in [0.25, 0.3) is 0 Å². The molecule has 0 spiro atoms. The molecular weight excluding hydrogens is 506 g/mol. The standard InChI is InChI=1S/C19H28N6O3.C6H4F2.C3H8.H2/c1-2-28-19(26)16-17(20-6-10-23-11-13-27-14-12-23)22-25-9-5-15(21-18(16)25)24-7-3-4-8-24;7-5-1-2-6(8)4-3-5;1-3-2;/h5,9H,2-4,6-8,10-14H2,1H3,(H,20,22);1-4H;3H2,1-2H3;1H. The minimum atomic E-state index is -0.411. The number of benzene rings is 1. The Morgan fingerprint density at radius 1 is 1.03 bits per heavy atom. The molecule has 0 aliphatic carbocycles. The van der Waals surface area contributed by atoms with E-state index in [1.54, 1.807) is 11.4 Å². The lowest BCUT2D eigenvalue weighted by molar-refractivity contribution is 0.0398. The summed E-state index contributed by atoms with van der Waals surface area (Å²) in [5.74, 6) is 0.198. The fraction of sp³-hybridized carbons (Fsp3) is 0.536. The average molecular weight is 549 g/mol. The van der Waals surface area contributed by atoms with E-state index in [0.29, 0.717) is 30.2 Å². The highest BCUT2D eigenvalue weighted by Gasteiger charge is 2.24. The molecule has 0 saturated carbocycles. The van der Waals surface area contributed by atoms with Gasteiger partial charge >= 0.3 is 5.97 Å². The molecule has 3 aromatic rings. The molecule has 216 valence electrons. The van der Waals surface area contributed by atoms with Gasteiger partial charge < -0.3 is 19.7 Å². The zero-order chi connectivity index (χ0) is 28.0. The number of rotatable bonds is 7. The van der Waals surface area contributed by atoms with Crippen molar-refractivity contribution in [2.45, 2.75) is 40.0 Å². The van der Waals surface area contributed by atoms with Gasteiger partial charge in [-0.3, -0.25) is 4.90 Å². The summed E-state index contributed by atoms with van der Waals surface area (Å²) in [6.07, 6.45) is 5.46. The molecule has 1 N–H and O–H groups in total. The van der Waals surface area contributed by atoms with Crippen molar-refractivity contribution in [3.8, 4) is 0 Å². The number of halogens is 2. The van der Waals surface area contributed by atoms with E-state index in [9.17, 15) is 13.6 Å². The number of hydrogen-bond donors (Lipinski definition) is 1. The number of fused-ring (bicyclic) bond motifs is 1. The number of ether oxygens (including phenoxy) is 2. The zero-order valence-electron chi connectivity index (χ0n) is 23.2. The van der Waals surface area contributed by atoms with Crippen LogP contribution in [0.25, 0.3) is 5.65 Å².